The molecule has 0 fully saturated rings. The molecule has 26 heavy (non-hydrogen) atoms. The van der Waals surface area contributed by atoms with Crippen molar-refractivity contribution in [2.24, 2.45) is 0 Å². The summed E-state index contributed by atoms with van der Waals surface area (Å²) in [6, 6.07) is 13.5. The molecule has 3 N–H and O–H groups in total. The zero-order valence-electron chi connectivity index (χ0n) is 14.9. The Morgan fingerprint density at radius 2 is 1.50 bits per heavy atom. The van der Waals surface area contributed by atoms with Gasteiger partial charge < -0.3 is 5.32 Å². The van der Waals surface area contributed by atoms with Crippen LogP contribution in [0.4, 0.5) is 21.5 Å². The summed E-state index contributed by atoms with van der Waals surface area (Å²) in [5, 5.41) is 3.13. The zero-order valence-corrected chi connectivity index (χ0v) is 15.8. The fourth-order valence-electron chi connectivity index (χ4n) is 3.24. The average molecular weight is 380 g/mol. The third-order valence-electron chi connectivity index (χ3n) is 4.52. The van der Waals surface area contributed by atoms with Gasteiger partial charge in [-0.05, 0) is 61.7 Å². The van der Waals surface area contributed by atoms with Crippen LogP contribution in [0.5, 0.6) is 0 Å². The van der Waals surface area contributed by atoms with Crippen molar-refractivity contribution in [3.63, 3.8) is 0 Å². The Bertz CT molecular complexity index is 744. The number of nitrogens with zero attached hydrogens (tertiary/aromatic N) is 2. The van der Waals surface area contributed by atoms with Gasteiger partial charge in [-0.3, -0.25) is 13.4 Å². The van der Waals surface area contributed by atoms with Crippen molar-refractivity contribution in [1.82, 2.24) is 5.32 Å². The predicted octanol–water partition coefficient (Wildman–Crippen LogP) is 5.14. The van der Waals surface area contributed by atoms with Gasteiger partial charge in [-0.1, -0.05) is 37.1 Å². The predicted molar refractivity (Wildman–Crippen MR) is 108 cm³/mol. The number of benzene rings is 2. The molecule has 0 spiro atoms. The van der Waals surface area contributed by atoms with Crippen molar-refractivity contribution in [3.8, 4) is 0 Å². The van der Waals surface area contributed by atoms with Crippen molar-refractivity contribution >= 4 is 28.0 Å². The number of unbranched alkanes of at least 4 members (excludes halogenated alkanes) is 3. The summed E-state index contributed by atoms with van der Waals surface area (Å²) >= 11 is 0. The molecule has 0 amide bonds. The number of hydrogen-bond donors (Lipinski definition) is 3. The van der Waals surface area contributed by atoms with Crippen LogP contribution >= 0.6 is 11.0 Å². The third-order valence-corrected chi connectivity index (χ3v) is 6.37. The van der Waals surface area contributed by atoms with Crippen molar-refractivity contribution in [3.05, 3.63) is 54.3 Å². The van der Waals surface area contributed by atoms with Crippen LogP contribution in [0.15, 0.2) is 48.5 Å². The first-order valence-corrected chi connectivity index (χ1v) is 10.4. The molecule has 2 aromatic carbocycles. The molecule has 5 nitrogen and oxygen atoms in total. The SMILES string of the molecule is CNCCCCCCN1c2ccccc2N(c2ccccc2F)S1(O)O. The molecular formula is C19H26FN3O2S. The molecule has 3 rings (SSSR count). The molecule has 0 radical (unpaired) electrons. The maximum atomic E-state index is 14.4. The molecule has 1 heterocycles. The highest BCUT2D eigenvalue weighted by Crippen LogP contribution is 2.64. The van der Waals surface area contributed by atoms with Crippen LogP contribution in [0.3, 0.4) is 0 Å². The lowest BCUT2D eigenvalue weighted by molar-refractivity contribution is 0.481. The van der Waals surface area contributed by atoms with E-state index in [0.29, 0.717) is 12.2 Å². The van der Waals surface area contributed by atoms with Crippen LogP contribution < -0.4 is 13.9 Å². The molecule has 0 bridgehead atoms. The van der Waals surface area contributed by atoms with Crippen molar-refractivity contribution < 1.29 is 13.5 Å². The van der Waals surface area contributed by atoms with Crippen molar-refractivity contribution in [2.45, 2.75) is 25.7 Å². The molecule has 0 saturated carbocycles. The molecule has 0 saturated heterocycles. The first-order valence-electron chi connectivity index (χ1n) is 8.91. The Morgan fingerprint density at radius 1 is 0.885 bits per heavy atom. The van der Waals surface area contributed by atoms with E-state index in [2.05, 4.69) is 5.32 Å². The van der Waals surface area contributed by atoms with E-state index in [0.717, 1.165) is 37.9 Å². The molecular weight excluding hydrogens is 353 g/mol. The van der Waals surface area contributed by atoms with Gasteiger partial charge in [0.2, 0.25) is 0 Å². The Hall–Kier alpha value is -1.80. The van der Waals surface area contributed by atoms with Crippen LogP contribution in [0.1, 0.15) is 25.7 Å². The highest BCUT2D eigenvalue weighted by molar-refractivity contribution is 8.27. The highest BCUT2D eigenvalue weighted by atomic mass is 32.3. The Labute approximate surface area is 156 Å². The van der Waals surface area contributed by atoms with Gasteiger partial charge in [0.1, 0.15) is 11.5 Å². The van der Waals surface area contributed by atoms with Gasteiger partial charge in [-0.2, -0.15) is 0 Å². The van der Waals surface area contributed by atoms with E-state index in [1.165, 1.54) is 10.4 Å². The number of para-hydroxylation sites is 3. The lowest BCUT2D eigenvalue weighted by Crippen LogP contribution is -2.32. The van der Waals surface area contributed by atoms with Gasteiger partial charge in [0.05, 0.1) is 11.4 Å². The fourth-order valence-corrected chi connectivity index (χ4v) is 5.06. The number of nitrogens with one attached hydrogen (secondary N) is 1. The first kappa shape index (κ1) is 19.0. The Morgan fingerprint density at radius 3 is 2.19 bits per heavy atom. The standard InChI is InChI=1S/C19H26FN3O2S/c1-21-14-8-2-3-9-15-22-18-12-6-7-13-19(18)23(26(22,24)25)17-11-5-4-10-16(17)20/h4-7,10-13,21,24-25H,2-3,8-9,14-15H2,1H3. The van der Waals surface area contributed by atoms with Crippen LogP contribution in [-0.2, 0) is 0 Å². The smallest absolute Gasteiger partial charge is 0.148 e. The Kier molecular flexibility index (Phi) is 6.03. The molecule has 0 aromatic heterocycles. The molecule has 2 aromatic rings. The monoisotopic (exact) mass is 379 g/mol. The van der Waals surface area contributed by atoms with E-state index >= 15 is 0 Å². The van der Waals surface area contributed by atoms with E-state index in [-0.39, 0.29) is 5.69 Å². The summed E-state index contributed by atoms with van der Waals surface area (Å²) in [6.07, 6.45) is 4.05. The maximum absolute atomic E-state index is 14.4. The second-order valence-corrected chi connectivity index (χ2v) is 8.13. The number of fused-ring (bicyclic) bond motifs is 1. The maximum Gasteiger partial charge on any atom is 0.148 e. The summed E-state index contributed by atoms with van der Waals surface area (Å²) in [4.78, 5) is 0. The topological polar surface area (TPSA) is 59.0 Å². The molecule has 0 aliphatic carbocycles. The molecule has 142 valence electrons. The van der Waals surface area contributed by atoms with E-state index in [9.17, 15) is 13.5 Å². The second kappa shape index (κ2) is 8.26. The minimum atomic E-state index is -3.35. The first-order chi connectivity index (χ1) is 12.6. The lowest BCUT2D eigenvalue weighted by Gasteiger charge is -2.43. The van der Waals surface area contributed by atoms with Crippen LogP contribution in [0.25, 0.3) is 0 Å². The minimum absolute atomic E-state index is 0.177. The molecule has 1 aliphatic heterocycles. The van der Waals surface area contributed by atoms with Crippen LogP contribution in [0.2, 0.25) is 0 Å². The van der Waals surface area contributed by atoms with E-state index < -0.39 is 16.8 Å². The van der Waals surface area contributed by atoms with Crippen molar-refractivity contribution in [2.75, 3.05) is 28.7 Å². The molecule has 0 unspecified atom stereocenters. The van der Waals surface area contributed by atoms with Crippen LogP contribution in [-0.4, -0.2) is 29.2 Å². The summed E-state index contributed by atoms with van der Waals surface area (Å²) < 4.78 is 39.2. The number of halogens is 1. The molecule has 0 atom stereocenters. The van der Waals surface area contributed by atoms with Gasteiger partial charge in [0.25, 0.3) is 0 Å². The lowest BCUT2D eigenvalue weighted by atomic mass is 10.2. The third kappa shape index (κ3) is 3.66. The normalized spacial score (nSPS) is 16.6. The van der Waals surface area contributed by atoms with Gasteiger partial charge >= 0.3 is 0 Å². The number of hydrogen-bond acceptors (Lipinski definition) is 5. The van der Waals surface area contributed by atoms with E-state index in [1.54, 1.807) is 28.6 Å². The summed E-state index contributed by atoms with van der Waals surface area (Å²) in [5.41, 5.74) is 1.52. The average Bonchev–Trinajstić information content (AvgIpc) is 2.85. The van der Waals surface area contributed by atoms with Gasteiger partial charge in [-0.15, -0.1) is 0 Å². The largest absolute Gasteiger partial charge is 0.320 e. The minimum Gasteiger partial charge on any atom is -0.320 e. The van der Waals surface area contributed by atoms with E-state index in [1.807, 2.05) is 25.2 Å². The molecule has 7 heteroatoms. The summed E-state index contributed by atoms with van der Waals surface area (Å²) in [7, 11) is -1.41. The number of rotatable bonds is 8. The van der Waals surface area contributed by atoms with Gasteiger partial charge in [0.15, 0.2) is 0 Å². The van der Waals surface area contributed by atoms with Crippen molar-refractivity contribution in [1.29, 1.82) is 0 Å². The van der Waals surface area contributed by atoms with Crippen LogP contribution in [0, 0.1) is 5.82 Å². The zero-order chi connectivity index (χ0) is 18.6. The summed E-state index contributed by atoms with van der Waals surface area (Å²) in [6.45, 7) is 1.51. The second-order valence-electron chi connectivity index (χ2n) is 6.34. The fraction of sp³-hybridized carbons (Fsp3) is 0.368. The number of anilines is 3. The molecule has 1 aliphatic rings. The quantitative estimate of drug-likeness (QED) is 0.554. The summed E-state index contributed by atoms with van der Waals surface area (Å²) in [5.74, 6) is -0.476. The van der Waals surface area contributed by atoms with Gasteiger partial charge in [0, 0.05) is 6.54 Å². The van der Waals surface area contributed by atoms with Gasteiger partial charge in [-0.25, -0.2) is 8.70 Å². The highest BCUT2D eigenvalue weighted by Gasteiger charge is 2.42. The van der Waals surface area contributed by atoms with E-state index in [4.69, 9.17) is 0 Å². The Balaban J connectivity index is 1.82.